The summed E-state index contributed by atoms with van der Waals surface area (Å²) in [7, 11) is -2.46. The second-order valence-corrected chi connectivity index (χ2v) is 9.19. The summed E-state index contributed by atoms with van der Waals surface area (Å²) < 4.78 is 34.4. The molecule has 2 aliphatic heterocycles. The van der Waals surface area contributed by atoms with Gasteiger partial charge in [-0.2, -0.15) is 0 Å². The fourth-order valence-corrected chi connectivity index (χ4v) is 4.60. The van der Waals surface area contributed by atoms with E-state index in [4.69, 9.17) is 14.6 Å². The lowest BCUT2D eigenvalue weighted by molar-refractivity contribution is -0.0581. The van der Waals surface area contributed by atoms with Crippen LogP contribution in [0.15, 0.2) is 23.1 Å². The Kier molecular flexibility index (Phi) is 4.87. The standard InChI is InChI=1S/C18H25N3O5S/c1-25-16-5-4-14(27(19,23)24)7-15(16)18(22)20-12-6-13-10-26-17(11-2-3-11)9-21(13)8-12/h4-5,7,11-13,17H,2-3,6,8-10H2,1H3,(H,20,22)(H2,19,23,24)/t12-,13-,17+/m0/s1. The van der Waals surface area contributed by atoms with E-state index in [1.165, 1.54) is 38.2 Å². The van der Waals surface area contributed by atoms with E-state index in [2.05, 4.69) is 10.2 Å². The number of morpholine rings is 1. The van der Waals surface area contributed by atoms with Crippen molar-refractivity contribution >= 4 is 15.9 Å². The van der Waals surface area contributed by atoms with Gasteiger partial charge >= 0.3 is 0 Å². The zero-order chi connectivity index (χ0) is 19.2. The van der Waals surface area contributed by atoms with E-state index in [0.717, 1.165) is 19.5 Å². The molecule has 0 bridgehead atoms. The van der Waals surface area contributed by atoms with Gasteiger partial charge in [-0.3, -0.25) is 9.69 Å². The maximum atomic E-state index is 12.8. The minimum absolute atomic E-state index is 0.00750. The number of primary sulfonamides is 1. The Morgan fingerprint density at radius 1 is 1.33 bits per heavy atom. The molecule has 1 saturated carbocycles. The number of hydrogen-bond acceptors (Lipinski definition) is 6. The molecule has 0 radical (unpaired) electrons. The zero-order valence-electron chi connectivity index (χ0n) is 15.3. The number of ether oxygens (including phenoxy) is 2. The molecule has 2 heterocycles. The van der Waals surface area contributed by atoms with Gasteiger partial charge in [0.05, 0.1) is 30.3 Å². The van der Waals surface area contributed by atoms with Crippen LogP contribution in [0.2, 0.25) is 0 Å². The van der Waals surface area contributed by atoms with Gasteiger partial charge in [-0.25, -0.2) is 13.6 Å². The second kappa shape index (κ2) is 7.05. The van der Waals surface area contributed by atoms with Crippen molar-refractivity contribution in [3.8, 4) is 5.75 Å². The first-order valence-corrected chi connectivity index (χ1v) is 10.8. The average molecular weight is 395 g/mol. The predicted molar refractivity (Wildman–Crippen MR) is 98.1 cm³/mol. The van der Waals surface area contributed by atoms with Crippen molar-refractivity contribution in [2.45, 2.75) is 42.3 Å². The third-order valence-corrected chi connectivity index (χ3v) is 6.58. The highest BCUT2D eigenvalue weighted by molar-refractivity contribution is 7.89. The summed E-state index contributed by atoms with van der Waals surface area (Å²) in [5.41, 5.74) is 0.168. The number of carbonyl (C=O) groups is 1. The smallest absolute Gasteiger partial charge is 0.255 e. The molecule has 8 nitrogen and oxygen atoms in total. The van der Waals surface area contributed by atoms with Crippen molar-refractivity contribution in [2.24, 2.45) is 11.1 Å². The van der Waals surface area contributed by atoms with Crippen LogP contribution in [0.4, 0.5) is 0 Å². The molecule has 4 rings (SSSR count). The molecule has 1 aromatic rings. The summed E-state index contributed by atoms with van der Waals surface area (Å²) in [5.74, 6) is 0.652. The number of hydrogen-bond donors (Lipinski definition) is 2. The monoisotopic (exact) mass is 395 g/mol. The van der Waals surface area contributed by atoms with Gasteiger partial charge in [0.2, 0.25) is 10.0 Å². The largest absolute Gasteiger partial charge is 0.496 e. The Labute approximate surface area is 159 Å². The number of benzene rings is 1. The molecule has 27 heavy (non-hydrogen) atoms. The van der Waals surface area contributed by atoms with Gasteiger partial charge in [0.25, 0.3) is 5.91 Å². The average Bonchev–Trinajstić information content (AvgIpc) is 3.40. The number of nitrogens with one attached hydrogen (secondary N) is 1. The lowest BCUT2D eigenvalue weighted by atomic mass is 10.1. The van der Waals surface area contributed by atoms with Crippen LogP contribution in [0, 0.1) is 5.92 Å². The first-order chi connectivity index (χ1) is 12.8. The van der Waals surface area contributed by atoms with E-state index in [1.807, 2.05) is 0 Å². The quantitative estimate of drug-likeness (QED) is 0.743. The third-order valence-electron chi connectivity index (χ3n) is 5.67. The fraction of sp³-hybridized carbons (Fsp3) is 0.611. The molecule has 0 aromatic heterocycles. The fourth-order valence-electron chi connectivity index (χ4n) is 4.06. The molecule has 0 unspecified atom stereocenters. The SMILES string of the molecule is COc1ccc(S(N)(=O)=O)cc1C(=O)N[C@H]1C[C@H]2CO[C@@H](C3CC3)CN2C1. The molecule has 148 valence electrons. The first kappa shape index (κ1) is 18.7. The molecular weight excluding hydrogens is 370 g/mol. The van der Waals surface area contributed by atoms with Gasteiger partial charge in [0.1, 0.15) is 5.75 Å². The molecule has 9 heteroatoms. The van der Waals surface area contributed by atoms with Gasteiger partial charge in [-0.15, -0.1) is 0 Å². The number of amides is 1. The maximum Gasteiger partial charge on any atom is 0.255 e. The topological polar surface area (TPSA) is 111 Å². The van der Waals surface area contributed by atoms with Crippen molar-refractivity contribution in [1.29, 1.82) is 0 Å². The Morgan fingerprint density at radius 3 is 2.78 bits per heavy atom. The van der Waals surface area contributed by atoms with E-state index < -0.39 is 10.0 Å². The van der Waals surface area contributed by atoms with E-state index in [1.54, 1.807) is 0 Å². The van der Waals surface area contributed by atoms with Crippen molar-refractivity contribution in [3.63, 3.8) is 0 Å². The lowest BCUT2D eigenvalue weighted by Gasteiger charge is -2.35. The summed E-state index contributed by atoms with van der Waals surface area (Å²) in [5, 5.41) is 8.19. The summed E-state index contributed by atoms with van der Waals surface area (Å²) >= 11 is 0. The molecule has 3 atom stereocenters. The van der Waals surface area contributed by atoms with Crippen molar-refractivity contribution in [3.05, 3.63) is 23.8 Å². The number of methoxy groups -OCH3 is 1. The Balaban J connectivity index is 1.45. The first-order valence-electron chi connectivity index (χ1n) is 9.22. The summed E-state index contributed by atoms with van der Waals surface area (Å²) in [4.78, 5) is 15.1. The van der Waals surface area contributed by atoms with Crippen LogP contribution >= 0.6 is 0 Å². The Hall–Kier alpha value is -1.68. The highest BCUT2D eigenvalue weighted by Gasteiger charge is 2.42. The minimum atomic E-state index is -3.90. The van der Waals surface area contributed by atoms with Crippen LogP contribution in [0.1, 0.15) is 29.6 Å². The number of sulfonamides is 1. The van der Waals surface area contributed by atoms with Crippen molar-refractivity contribution in [2.75, 3.05) is 26.8 Å². The number of carbonyl (C=O) groups excluding carboxylic acids is 1. The third kappa shape index (κ3) is 3.96. The number of rotatable bonds is 5. The molecule has 1 aliphatic carbocycles. The molecule has 0 spiro atoms. The van der Waals surface area contributed by atoms with Crippen LogP contribution in [-0.2, 0) is 14.8 Å². The van der Waals surface area contributed by atoms with Gasteiger partial charge in [0.15, 0.2) is 0 Å². The molecule has 1 aromatic carbocycles. The lowest BCUT2D eigenvalue weighted by Crippen LogP contribution is -2.47. The normalized spacial score (nSPS) is 28.6. The predicted octanol–water partition coefficient (Wildman–Crippen LogP) is 0.324. The molecule has 3 aliphatic rings. The number of nitrogens with zero attached hydrogens (tertiary/aromatic N) is 1. The van der Waals surface area contributed by atoms with Crippen LogP contribution in [0.5, 0.6) is 5.75 Å². The zero-order valence-corrected chi connectivity index (χ0v) is 16.1. The van der Waals surface area contributed by atoms with Gasteiger partial charge < -0.3 is 14.8 Å². The summed E-state index contributed by atoms with van der Waals surface area (Å²) in [6, 6.07) is 4.35. The van der Waals surface area contributed by atoms with Gasteiger partial charge in [-0.05, 0) is 43.4 Å². The van der Waals surface area contributed by atoms with Crippen LogP contribution in [0.25, 0.3) is 0 Å². The highest BCUT2D eigenvalue weighted by Crippen LogP contribution is 2.38. The summed E-state index contributed by atoms with van der Waals surface area (Å²) in [6.45, 7) is 2.41. The van der Waals surface area contributed by atoms with Crippen LogP contribution in [0.3, 0.4) is 0 Å². The van der Waals surface area contributed by atoms with E-state index in [9.17, 15) is 13.2 Å². The van der Waals surface area contributed by atoms with E-state index >= 15 is 0 Å². The highest BCUT2D eigenvalue weighted by atomic mass is 32.2. The number of nitrogens with two attached hydrogens (primary N) is 1. The molecule has 1 amide bonds. The van der Waals surface area contributed by atoms with E-state index in [-0.39, 0.29) is 22.4 Å². The Bertz CT molecular complexity index is 839. The van der Waals surface area contributed by atoms with Crippen LogP contribution in [-0.4, -0.2) is 64.2 Å². The van der Waals surface area contributed by atoms with Gasteiger partial charge in [0, 0.05) is 25.2 Å². The van der Waals surface area contributed by atoms with Gasteiger partial charge in [-0.1, -0.05) is 0 Å². The van der Waals surface area contributed by atoms with Crippen LogP contribution < -0.4 is 15.2 Å². The molecule has 3 N–H and O–H groups in total. The van der Waals surface area contributed by atoms with Crippen molar-refractivity contribution < 1.29 is 22.7 Å². The Morgan fingerprint density at radius 2 is 2.11 bits per heavy atom. The number of fused-ring (bicyclic) bond motifs is 1. The minimum Gasteiger partial charge on any atom is -0.496 e. The maximum absolute atomic E-state index is 12.8. The molecular formula is C18H25N3O5S. The van der Waals surface area contributed by atoms with Crippen molar-refractivity contribution in [1.82, 2.24) is 10.2 Å². The molecule has 3 fully saturated rings. The molecule has 2 saturated heterocycles. The summed E-state index contributed by atoms with van der Waals surface area (Å²) in [6.07, 6.45) is 3.65. The second-order valence-electron chi connectivity index (χ2n) is 7.63. The van der Waals surface area contributed by atoms with E-state index in [0.29, 0.717) is 30.4 Å².